The molecular formula is C21H17N3O3. The maximum Gasteiger partial charge on any atom is 0.251 e. The highest BCUT2D eigenvalue weighted by Crippen LogP contribution is 2.24. The molecule has 0 spiro atoms. The van der Waals surface area contributed by atoms with Crippen LogP contribution in [0.2, 0.25) is 0 Å². The van der Waals surface area contributed by atoms with Gasteiger partial charge in [0.25, 0.3) is 5.91 Å². The predicted octanol–water partition coefficient (Wildman–Crippen LogP) is 4.24. The van der Waals surface area contributed by atoms with E-state index in [4.69, 9.17) is 8.83 Å². The SMILES string of the molecule is Cc1ccc(-c2nnc(-c3ccc(C(=O)NCc4ccco4)cc3)o2)cc1. The van der Waals surface area contributed by atoms with E-state index in [1.54, 1.807) is 36.6 Å². The van der Waals surface area contributed by atoms with Crippen molar-refractivity contribution in [3.05, 3.63) is 83.8 Å². The van der Waals surface area contributed by atoms with Gasteiger partial charge in [0.1, 0.15) is 5.76 Å². The topological polar surface area (TPSA) is 81.2 Å². The zero-order chi connectivity index (χ0) is 18.6. The van der Waals surface area contributed by atoms with Crippen LogP contribution in [0.15, 0.2) is 75.8 Å². The molecule has 0 fully saturated rings. The van der Waals surface area contributed by atoms with Crippen molar-refractivity contribution >= 4 is 5.91 Å². The zero-order valence-electron chi connectivity index (χ0n) is 14.7. The zero-order valence-corrected chi connectivity index (χ0v) is 14.7. The van der Waals surface area contributed by atoms with Crippen LogP contribution in [-0.2, 0) is 6.54 Å². The van der Waals surface area contributed by atoms with Crippen LogP contribution in [0.4, 0.5) is 0 Å². The first-order chi connectivity index (χ1) is 13.2. The quantitative estimate of drug-likeness (QED) is 0.576. The van der Waals surface area contributed by atoms with E-state index in [0.717, 1.165) is 11.1 Å². The normalized spacial score (nSPS) is 10.7. The van der Waals surface area contributed by atoms with Crippen molar-refractivity contribution in [1.29, 1.82) is 0 Å². The highest BCUT2D eigenvalue weighted by atomic mass is 16.4. The molecule has 0 aliphatic heterocycles. The Morgan fingerprint density at radius 1 is 0.926 bits per heavy atom. The van der Waals surface area contributed by atoms with Gasteiger partial charge in [0.05, 0.1) is 12.8 Å². The number of carbonyl (C=O) groups is 1. The Morgan fingerprint density at radius 2 is 1.56 bits per heavy atom. The Morgan fingerprint density at radius 3 is 2.15 bits per heavy atom. The van der Waals surface area contributed by atoms with Crippen LogP contribution >= 0.6 is 0 Å². The second-order valence-electron chi connectivity index (χ2n) is 6.12. The molecule has 6 heteroatoms. The molecule has 2 aromatic heterocycles. The van der Waals surface area contributed by atoms with Gasteiger partial charge in [-0.1, -0.05) is 17.7 Å². The van der Waals surface area contributed by atoms with Gasteiger partial charge in [-0.25, -0.2) is 0 Å². The van der Waals surface area contributed by atoms with Gasteiger partial charge >= 0.3 is 0 Å². The number of hydrogen-bond acceptors (Lipinski definition) is 5. The summed E-state index contributed by atoms with van der Waals surface area (Å²) < 4.78 is 11.0. The third-order valence-electron chi connectivity index (χ3n) is 4.12. The fourth-order valence-electron chi connectivity index (χ4n) is 2.60. The van der Waals surface area contributed by atoms with Crippen LogP contribution in [0.1, 0.15) is 21.7 Å². The van der Waals surface area contributed by atoms with E-state index in [-0.39, 0.29) is 5.91 Å². The van der Waals surface area contributed by atoms with E-state index in [0.29, 0.717) is 29.6 Å². The number of hydrogen-bond donors (Lipinski definition) is 1. The molecular weight excluding hydrogens is 342 g/mol. The maximum absolute atomic E-state index is 12.2. The van der Waals surface area contributed by atoms with Gasteiger partial charge in [-0.15, -0.1) is 10.2 Å². The molecule has 0 saturated carbocycles. The Balaban J connectivity index is 1.46. The van der Waals surface area contributed by atoms with Crippen LogP contribution < -0.4 is 5.32 Å². The van der Waals surface area contributed by atoms with Crippen LogP contribution in [0.3, 0.4) is 0 Å². The summed E-state index contributed by atoms with van der Waals surface area (Å²) in [6.07, 6.45) is 1.57. The molecule has 4 aromatic rings. The molecule has 1 N–H and O–H groups in total. The molecule has 0 atom stereocenters. The van der Waals surface area contributed by atoms with Crippen molar-refractivity contribution in [2.24, 2.45) is 0 Å². The lowest BCUT2D eigenvalue weighted by atomic mass is 10.1. The highest BCUT2D eigenvalue weighted by molar-refractivity contribution is 5.94. The van der Waals surface area contributed by atoms with Crippen LogP contribution in [-0.4, -0.2) is 16.1 Å². The van der Waals surface area contributed by atoms with E-state index < -0.39 is 0 Å². The Bertz CT molecular complexity index is 1030. The first kappa shape index (κ1) is 16.8. The third-order valence-corrected chi connectivity index (χ3v) is 4.12. The van der Waals surface area contributed by atoms with E-state index in [1.807, 2.05) is 37.3 Å². The summed E-state index contributed by atoms with van der Waals surface area (Å²) in [6.45, 7) is 2.37. The van der Waals surface area contributed by atoms with Crippen molar-refractivity contribution in [1.82, 2.24) is 15.5 Å². The lowest BCUT2D eigenvalue weighted by Gasteiger charge is -2.04. The van der Waals surface area contributed by atoms with Gasteiger partial charge in [-0.3, -0.25) is 4.79 Å². The summed E-state index contributed by atoms with van der Waals surface area (Å²) in [5.74, 6) is 1.40. The minimum absolute atomic E-state index is 0.177. The smallest absolute Gasteiger partial charge is 0.251 e. The minimum Gasteiger partial charge on any atom is -0.467 e. The number of aryl methyl sites for hydroxylation is 1. The average molecular weight is 359 g/mol. The summed E-state index contributed by atoms with van der Waals surface area (Å²) in [7, 11) is 0. The third kappa shape index (κ3) is 3.79. The van der Waals surface area contributed by atoms with Crippen LogP contribution in [0.5, 0.6) is 0 Å². The summed E-state index contributed by atoms with van der Waals surface area (Å²) >= 11 is 0. The van der Waals surface area contributed by atoms with E-state index in [2.05, 4.69) is 15.5 Å². The number of amides is 1. The lowest BCUT2D eigenvalue weighted by molar-refractivity contribution is 0.0948. The molecule has 1 amide bonds. The number of aromatic nitrogens is 2. The molecule has 2 heterocycles. The van der Waals surface area contributed by atoms with Gasteiger partial charge in [-0.05, 0) is 55.5 Å². The second-order valence-corrected chi connectivity index (χ2v) is 6.12. The van der Waals surface area contributed by atoms with Gasteiger partial charge in [-0.2, -0.15) is 0 Å². The fraction of sp³-hybridized carbons (Fsp3) is 0.0952. The molecule has 134 valence electrons. The molecule has 0 saturated heterocycles. The molecule has 4 rings (SSSR count). The first-order valence-electron chi connectivity index (χ1n) is 8.50. The summed E-state index contributed by atoms with van der Waals surface area (Å²) in [5.41, 5.74) is 3.33. The Labute approximate surface area is 155 Å². The molecule has 6 nitrogen and oxygen atoms in total. The minimum atomic E-state index is -0.177. The number of nitrogens with one attached hydrogen (secondary N) is 1. The van der Waals surface area contributed by atoms with Crippen molar-refractivity contribution in [3.63, 3.8) is 0 Å². The molecule has 0 aliphatic carbocycles. The second kappa shape index (κ2) is 7.29. The van der Waals surface area contributed by atoms with Crippen molar-refractivity contribution in [3.8, 4) is 22.9 Å². The predicted molar refractivity (Wildman–Crippen MR) is 99.8 cm³/mol. The van der Waals surface area contributed by atoms with Crippen molar-refractivity contribution < 1.29 is 13.6 Å². The standard InChI is InChI=1S/C21H17N3O3/c1-14-4-6-16(7-5-14)20-23-24-21(27-20)17-10-8-15(9-11-17)19(25)22-13-18-3-2-12-26-18/h2-12H,13H2,1H3,(H,22,25). The van der Waals surface area contributed by atoms with Crippen LogP contribution in [0, 0.1) is 6.92 Å². The molecule has 0 radical (unpaired) electrons. The number of nitrogens with zero attached hydrogens (tertiary/aromatic N) is 2. The number of furan rings is 1. The number of rotatable bonds is 5. The number of benzene rings is 2. The lowest BCUT2D eigenvalue weighted by Crippen LogP contribution is -2.22. The van der Waals surface area contributed by atoms with Crippen molar-refractivity contribution in [2.75, 3.05) is 0 Å². The molecule has 2 aromatic carbocycles. The highest BCUT2D eigenvalue weighted by Gasteiger charge is 2.12. The monoisotopic (exact) mass is 359 g/mol. The molecule has 0 bridgehead atoms. The van der Waals surface area contributed by atoms with Gasteiger partial charge in [0, 0.05) is 16.7 Å². The summed E-state index contributed by atoms with van der Waals surface area (Å²) in [5, 5.41) is 11.0. The van der Waals surface area contributed by atoms with E-state index in [1.165, 1.54) is 5.56 Å². The average Bonchev–Trinajstić information content (AvgIpc) is 3.39. The molecule has 0 unspecified atom stereocenters. The maximum atomic E-state index is 12.2. The first-order valence-corrected chi connectivity index (χ1v) is 8.50. The van der Waals surface area contributed by atoms with Gasteiger partial charge < -0.3 is 14.2 Å². The van der Waals surface area contributed by atoms with Gasteiger partial charge in [0.2, 0.25) is 11.8 Å². The summed E-state index contributed by atoms with van der Waals surface area (Å²) in [4.78, 5) is 12.2. The van der Waals surface area contributed by atoms with E-state index in [9.17, 15) is 4.79 Å². The fourth-order valence-corrected chi connectivity index (χ4v) is 2.60. The van der Waals surface area contributed by atoms with Gasteiger partial charge in [0.15, 0.2) is 0 Å². The van der Waals surface area contributed by atoms with E-state index >= 15 is 0 Å². The summed E-state index contributed by atoms with van der Waals surface area (Å²) in [6, 6.07) is 18.5. The van der Waals surface area contributed by atoms with Crippen molar-refractivity contribution in [2.45, 2.75) is 13.5 Å². The van der Waals surface area contributed by atoms with Crippen LogP contribution in [0.25, 0.3) is 22.9 Å². The molecule has 0 aliphatic rings. The largest absolute Gasteiger partial charge is 0.467 e. The Hall–Kier alpha value is -3.67. The molecule has 27 heavy (non-hydrogen) atoms. The number of carbonyl (C=O) groups excluding carboxylic acids is 1. The Kier molecular flexibility index (Phi) is 4.53.